The first kappa shape index (κ1) is 32.4. The lowest BCUT2D eigenvalue weighted by molar-refractivity contribution is -0.571. The number of fused-ring (bicyclic) bond motifs is 19. The quantitative estimate of drug-likeness (QED) is 0.132. The molecule has 0 saturated heterocycles. The van der Waals surface area contributed by atoms with Crippen LogP contribution in [-0.2, 0) is 0 Å². The maximum Gasteiger partial charge on any atom is 0.269 e. The highest BCUT2D eigenvalue weighted by Gasteiger charge is 2.25. The molecule has 0 atom stereocenters. The highest BCUT2D eigenvalue weighted by molar-refractivity contribution is 6.00. The molecular weight excluding hydrogens is 753 g/mol. The third-order valence-electron chi connectivity index (χ3n) is 12.2. The van der Waals surface area contributed by atoms with Crippen molar-refractivity contribution in [2.24, 2.45) is 0 Å². The number of benzene rings is 8. The van der Waals surface area contributed by atoms with Crippen molar-refractivity contribution in [1.82, 2.24) is 32.7 Å². The number of para-hydroxylation sites is 6. The van der Waals surface area contributed by atoms with Crippen molar-refractivity contribution in [2.45, 2.75) is 0 Å². The SMILES string of the molecule is [c-]1n(-c2cccc(Oc3ccc4nc5n6c7ccccc7nc6n6c7ccccc7nc6n5c4c3)c2)c2cccc3c2[n+]1-c1ccccc1-c1ccccc1-c1ccccc1-3. The zero-order valence-corrected chi connectivity index (χ0v) is 32.3. The summed E-state index contributed by atoms with van der Waals surface area (Å²) in [5.41, 5.74) is 16.6. The van der Waals surface area contributed by atoms with Gasteiger partial charge >= 0.3 is 0 Å². The molecule has 0 fully saturated rings. The van der Waals surface area contributed by atoms with Gasteiger partial charge in [-0.25, -0.2) is 28.2 Å². The summed E-state index contributed by atoms with van der Waals surface area (Å²) >= 11 is 0. The van der Waals surface area contributed by atoms with E-state index in [0.29, 0.717) is 11.5 Å². The number of imidazole rings is 4. The normalized spacial score (nSPS) is 12.3. The molecule has 0 N–H and O–H groups in total. The van der Waals surface area contributed by atoms with Gasteiger partial charge in [0.1, 0.15) is 11.5 Å². The minimum Gasteiger partial charge on any atom is -0.458 e. The number of aromatic nitrogens is 8. The lowest BCUT2D eigenvalue weighted by Crippen LogP contribution is -2.30. The first-order valence-corrected chi connectivity index (χ1v) is 20.3. The van der Waals surface area contributed by atoms with Crippen LogP contribution in [0.5, 0.6) is 11.5 Å². The van der Waals surface area contributed by atoms with Crippen molar-refractivity contribution in [2.75, 3.05) is 0 Å². The van der Waals surface area contributed by atoms with Crippen LogP contribution in [0.4, 0.5) is 0 Å². The van der Waals surface area contributed by atoms with Gasteiger partial charge in [0.05, 0.1) is 55.5 Å². The summed E-state index contributed by atoms with van der Waals surface area (Å²) in [5.74, 6) is 3.61. The monoisotopic (exact) mass is 782 g/mol. The Balaban J connectivity index is 0.940. The predicted molar refractivity (Wildman–Crippen MR) is 239 cm³/mol. The van der Waals surface area contributed by atoms with Gasteiger partial charge in [-0.2, -0.15) is 0 Å². The molecule has 0 radical (unpaired) electrons. The summed E-state index contributed by atoms with van der Waals surface area (Å²) in [7, 11) is 0. The number of hydrogen-bond acceptors (Lipinski definition) is 4. The van der Waals surface area contributed by atoms with Gasteiger partial charge in [0.2, 0.25) is 17.3 Å². The van der Waals surface area contributed by atoms with E-state index >= 15 is 0 Å². The van der Waals surface area contributed by atoms with Crippen molar-refractivity contribution in [1.29, 1.82) is 0 Å². The molecule has 13 aromatic rings. The predicted octanol–water partition coefficient (Wildman–Crippen LogP) is 11.2. The molecule has 1 aliphatic rings. The minimum atomic E-state index is 0.682. The van der Waals surface area contributed by atoms with Crippen molar-refractivity contribution in [3.05, 3.63) is 188 Å². The Morgan fingerprint density at radius 2 is 0.885 bits per heavy atom. The van der Waals surface area contributed by atoms with Gasteiger partial charge < -0.3 is 4.74 Å². The van der Waals surface area contributed by atoms with E-state index < -0.39 is 0 Å². The molecule has 0 spiro atoms. The molecule has 5 aromatic heterocycles. The van der Waals surface area contributed by atoms with Crippen molar-refractivity contribution >= 4 is 61.5 Å². The van der Waals surface area contributed by atoms with Crippen LogP contribution in [-0.4, -0.2) is 32.7 Å². The Morgan fingerprint density at radius 1 is 0.393 bits per heavy atom. The van der Waals surface area contributed by atoms with E-state index in [4.69, 9.17) is 19.7 Å². The molecule has 14 rings (SSSR count). The van der Waals surface area contributed by atoms with Gasteiger partial charge in [0.25, 0.3) is 6.33 Å². The Labute approximate surface area is 346 Å². The van der Waals surface area contributed by atoms with Crippen LogP contribution in [0.15, 0.2) is 182 Å². The molecule has 0 amide bonds. The van der Waals surface area contributed by atoms with Crippen molar-refractivity contribution in [3.63, 3.8) is 0 Å². The van der Waals surface area contributed by atoms with E-state index in [2.05, 4.69) is 150 Å². The van der Waals surface area contributed by atoms with Gasteiger partial charge in [-0.05, 0) is 94.0 Å². The van der Waals surface area contributed by atoms with E-state index in [9.17, 15) is 0 Å². The van der Waals surface area contributed by atoms with Crippen LogP contribution in [0.2, 0.25) is 0 Å². The largest absolute Gasteiger partial charge is 0.458 e. The number of rotatable bonds is 3. The van der Waals surface area contributed by atoms with Crippen LogP contribution in [0.1, 0.15) is 0 Å². The molecule has 6 heterocycles. The topological polar surface area (TPSA) is 69.9 Å². The molecule has 0 saturated carbocycles. The maximum atomic E-state index is 6.74. The van der Waals surface area contributed by atoms with Crippen molar-refractivity contribution in [3.8, 4) is 56.3 Å². The minimum absolute atomic E-state index is 0.682. The van der Waals surface area contributed by atoms with Gasteiger partial charge in [0.15, 0.2) is 0 Å². The van der Waals surface area contributed by atoms with Crippen molar-refractivity contribution < 1.29 is 9.30 Å². The van der Waals surface area contributed by atoms with Gasteiger partial charge in [-0.3, -0.25) is 9.13 Å². The number of nitrogens with zero attached hydrogens (tertiary/aromatic N) is 8. The van der Waals surface area contributed by atoms with Crippen LogP contribution in [0.25, 0.3) is 106 Å². The lowest BCUT2D eigenvalue weighted by atomic mass is 9.89. The molecule has 9 heteroatoms. The Hall–Kier alpha value is -8.56. The van der Waals surface area contributed by atoms with Crippen LogP contribution < -0.4 is 9.30 Å². The third kappa shape index (κ3) is 4.48. The molecule has 8 aromatic carbocycles. The summed E-state index contributed by atoms with van der Waals surface area (Å²) in [6.45, 7) is 0. The van der Waals surface area contributed by atoms with E-state index in [1.54, 1.807) is 0 Å². The fraction of sp³-hybridized carbons (Fsp3) is 0. The summed E-state index contributed by atoms with van der Waals surface area (Å²) in [5, 5.41) is 0. The second kappa shape index (κ2) is 12.0. The smallest absolute Gasteiger partial charge is 0.269 e. The van der Waals surface area contributed by atoms with Gasteiger partial charge in [-0.1, -0.05) is 115 Å². The van der Waals surface area contributed by atoms with E-state index in [1.807, 2.05) is 60.7 Å². The van der Waals surface area contributed by atoms with Crippen LogP contribution in [0, 0.1) is 6.33 Å². The summed E-state index contributed by atoms with van der Waals surface area (Å²) in [6, 6.07) is 63.2. The number of ether oxygens (including phenoxy) is 1. The molecule has 0 bridgehead atoms. The van der Waals surface area contributed by atoms with Crippen LogP contribution >= 0.6 is 0 Å². The Bertz CT molecular complexity index is 3960. The molecular formula is C52H30N8O. The Kier molecular flexibility index (Phi) is 6.37. The van der Waals surface area contributed by atoms with E-state index in [-0.39, 0.29) is 0 Å². The average Bonchev–Trinajstić information content (AvgIpc) is 4.09. The summed E-state index contributed by atoms with van der Waals surface area (Å²) in [6.07, 6.45) is 3.80. The van der Waals surface area contributed by atoms with E-state index in [1.165, 1.54) is 22.3 Å². The second-order valence-electron chi connectivity index (χ2n) is 15.5. The molecule has 0 unspecified atom stereocenters. The third-order valence-corrected chi connectivity index (χ3v) is 12.2. The standard InChI is InChI=1S/C52H30N8O/c1-3-17-37-35(15-1)36-16-2-4-18-38(36)40-20-12-26-47-49(40)57(44-23-8-5-19-39(37)44)31-56(47)32-13-11-14-33(29-32)61-34-27-28-43-48(30-34)60-51-54-42-22-7-10-25-46(42)58(51)50-53-41-21-6-9-24-45(41)59(50)52(60)55-43/h1-30H. The molecule has 0 aliphatic carbocycles. The molecule has 284 valence electrons. The Morgan fingerprint density at radius 3 is 1.57 bits per heavy atom. The zero-order valence-electron chi connectivity index (χ0n) is 32.3. The summed E-state index contributed by atoms with van der Waals surface area (Å²) in [4.78, 5) is 15.4. The van der Waals surface area contributed by atoms with Gasteiger partial charge in [0, 0.05) is 6.07 Å². The highest BCUT2D eigenvalue weighted by Crippen LogP contribution is 2.43. The highest BCUT2D eigenvalue weighted by atomic mass is 16.5. The first-order valence-electron chi connectivity index (χ1n) is 20.3. The van der Waals surface area contributed by atoms with Gasteiger partial charge in [-0.15, -0.1) is 0 Å². The molecule has 1 aliphatic heterocycles. The lowest BCUT2D eigenvalue weighted by Gasteiger charge is -2.15. The molecule has 9 nitrogen and oxygen atoms in total. The maximum absolute atomic E-state index is 6.74. The fourth-order valence-corrected chi connectivity index (χ4v) is 9.54. The fourth-order valence-electron chi connectivity index (χ4n) is 9.54. The number of hydrogen-bond donors (Lipinski definition) is 0. The molecule has 61 heavy (non-hydrogen) atoms. The average molecular weight is 783 g/mol. The zero-order chi connectivity index (χ0) is 39.8. The first-order chi connectivity index (χ1) is 30.2. The van der Waals surface area contributed by atoms with Crippen LogP contribution in [0.3, 0.4) is 0 Å². The van der Waals surface area contributed by atoms with E-state index in [0.717, 1.165) is 84.0 Å². The summed E-state index contributed by atoms with van der Waals surface area (Å²) < 4.78 is 17.5. The second-order valence-corrected chi connectivity index (χ2v) is 15.5.